The first-order chi connectivity index (χ1) is 9.76. The molecule has 108 valence electrons. The number of hydrazine groups is 1. The van der Waals surface area contributed by atoms with Crippen LogP contribution in [0, 0.1) is 5.92 Å². The molecule has 0 saturated carbocycles. The highest BCUT2D eigenvalue weighted by Crippen LogP contribution is 2.11. The van der Waals surface area contributed by atoms with Gasteiger partial charge >= 0.3 is 0 Å². The summed E-state index contributed by atoms with van der Waals surface area (Å²) in [4.78, 5) is 12.7. The number of hydrogen-bond donors (Lipinski definition) is 3. The lowest BCUT2D eigenvalue weighted by Gasteiger charge is -2.14. The van der Waals surface area contributed by atoms with Gasteiger partial charge in [0.25, 0.3) is 5.95 Å². The van der Waals surface area contributed by atoms with Crippen LogP contribution in [0.15, 0.2) is 18.5 Å². The van der Waals surface area contributed by atoms with Crippen LogP contribution in [0.1, 0.15) is 26.7 Å². The smallest absolute Gasteiger partial charge is 0.257 e. The number of aromatic nitrogens is 5. The Morgan fingerprint density at radius 2 is 1.95 bits per heavy atom. The molecule has 2 aromatic heterocycles. The second-order valence-electron chi connectivity index (χ2n) is 4.44. The molecule has 4 N–H and O–H groups in total. The molecule has 0 bridgehead atoms. The Balaban J connectivity index is 2.18. The highest BCUT2D eigenvalue weighted by atomic mass is 15.4. The van der Waals surface area contributed by atoms with Crippen molar-refractivity contribution >= 4 is 11.9 Å². The van der Waals surface area contributed by atoms with Gasteiger partial charge in [-0.3, -0.25) is 5.43 Å². The number of nitrogens with two attached hydrogens (primary N) is 1. The average molecular weight is 276 g/mol. The van der Waals surface area contributed by atoms with E-state index in [1.165, 1.54) is 0 Å². The fourth-order valence-electron chi connectivity index (χ4n) is 1.81. The van der Waals surface area contributed by atoms with E-state index in [-0.39, 0.29) is 0 Å². The van der Waals surface area contributed by atoms with Gasteiger partial charge in [0.2, 0.25) is 11.9 Å². The molecule has 20 heavy (non-hydrogen) atoms. The second kappa shape index (κ2) is 6.80. The molecule has 0 fully saturated rings. The van der Waals surface area contributed by atoms with E-state index in [4.69, 9.17) is 5.84 Å². The van der Waals surface area contributed by atoms with Gasteiger partial charge in [0.05, 0.1) is 0 Å². The molecular formula is C12H20N8. The van der Waals surface area contributed by atoms with E-state index in [1.54, 1.807) is 23.1 Å². The van der Waals surface area contributed by atoms with Crippen LogP contribution in [0.4, 0.5) is 11.9 Å². The van der Waals surface area contributed by atoms with Crippen molar-refractivity contribution in [2.24, 2.45) is 11.8 Å². The molecule has 0 amide bonds. The monoisotopic (exact) mass is 276 g/mol. The normalized spacial score (nSPS) is 10.8. The number of anilines is 2. The summed E-state index contributed by atoms with van der Waals surface area (Å²) in [6.07, 6.45) is 5.65. The van der Waals surface area contributed by atoms with Crippen molar-refractivity contribution in [1.82, 2.24) is 24.7 Å². The summed E-state index contributed by atoms with van der Waals surface area (Å²) in [6, 6.07) is 1.80. The van der Waals surface area contributed by atoms with Gasteiger partial charge < -0.3 is 5.32 Å². The molecule has 8 nitrogen and oxygen atoms in total. The average Bonchev–Trinajstić information content (AvgIpc) is 3.02. The van der Waals surface area contributed by atoms with Crippen LogP contribution >= 0.6 is 0 Å². The molecule has 0 aliphatic rings. The van der Waals surface area contributed by atoms with Crippen LogP contribution in [0.3, 0.4) is 0 Å². The highest BCUT2D eigenvalue weighted by Gasteiger charge is 2.09. The van der Waals surface area contributed by atoms with E-state index in [9.17, 15) is 0 Å². The van der Waals surface area contributed by atoms with Gasteiger partial charge in [-0.05, 0) is 12.0 Å². The zero-order valence-corrected chi connectivity index (χ0v) is 11.7. The number of rotatable bonds is 7. The lowest BCUT2D eigenvalue weighted by Crippen LogP contribution is -2.18. The predicted octanol–water partition coefficient (Wildman–Crippen LogP) is 1.19. The Kier molecular flexibility index (Phi) is 4.83. The Morgan fingerprint density at radius 3 is 2.55 bits per heavy atom. The van der Waals surface area contributed by atoms with E-state index in [0.717, 1.165) is 19.4 Å². The molecule has 0 saturated heterocycles. The Hall–Kier alpha value is -2.22. The van der Waals surface area contributed by atoms with E-state index in [1.807, 2.05) is 0 Å². The largest absolute Gasteiger partial charge is 0.354 e. The maximum atomic E-state index is 5.39. The zero-order valence-electron chi connectivity index (χ0n) is 11.7. The van der Waals surface area contributed by atoms with Crippen molar-refractivity contribution in [1.29, 1.82) is 0 Å². The molecule has 2 rings (SSSR count). The molecule has 0 aliphatic carbocycles. The van der Waals surface area contributed by atoms with Crippen LogP contribution < -0.4 is 16.6 Å². The molecular weight excluding hydrogens is 256 g/mol. The third-order valence-electron chi connectivity index (χ3n) is 3.17. The van der Waals surface area contributed by atoms with E-state index in [0.29, 0.717) is 23.8 Å². The Labute approximate surface area is 117 Å². The van der Waals surface area contributed by atoms with Crippen molar-refractivity contribution < 1.29 is 0 Å². The van der Waals surface area contributed by atoms with Crippen molar-refractivity contribution in [2.45, 2.75) is 26.7 Å². The van der Waals surface area contributed by atoms with Crippen molar-refractivity contribution in [3.05, 3.63) is 18.5 Å². The fraction of sp³-hybridized carbons (Fsp3) is 0.500. The molecule has 0 spiro atoms. The molecule has 8 heteroatoms. The number of nitrogens with zero attached hydrogens (tertiary/aromatic N) is 5. The first-order valence-electron chi connectivity index (χ1n) is 6.73. The van der Waals surface area contributed by atoms with E-state index >= 15 is 0 Å². The molecule has 0 aliphatic heterocycles. The summed E-state index contributed by atoms with van der Waals surface area (Å²) in [5.41, 5.74) is 2.44. The molecule has 0 aromatic carbocycles. The summed E-state index contributed by atoms with van der Waals surface area (Å²) in [6.45, 7) is 5.16. The maximum Gasteiger partial charge on any atom is 0.257 e. The number of nitrogen functional groups attached to an aromatic ring is 1. The summed E-state index contributed by atoms with van der Waals surface area (Å²) in [5.74, 6) is 7.20. The zero-order chi connectivity index (χ0) is 14.4. The molecule has 2 heterocycles. The van der Waals surface area contributed by atoms with Gasteiger partial charge in [-0.2, -0.15) is 20.1 Å². The summed E-state index contributed by atoms with van der Waals surface area (Å²) in [5, 5.41) is 7.32. The lowest BCUT2D eigenvalue weighted by molar-refractivity contribution is 0.517. The van der Waals surface area contributed by atoms with Gasteiger partial charge in [0, 0.05) is 18.9 Å². The van der Waals surface area contributed by atoms with Crippen molar-refractivity contribution in [3.63, 3.8) is 0 Å². The molecule has 0 atom stereocenters. The van der Waals surface area contributed by atoms with Gasteiger partial charge in [-0.15, -0.1) is 0 Å². The number of nitrogens with one attached hydrogen (secondary N) is 2. The summed E-state index contributed by atoms with van der Waals surface area (Å²) < 4.78 is 1.56. The van der Waals surface area contributed by atoms with Crippen LogP contribution in [0.2, 0.25) is 0 Å². The standard InChI is InChI=1S/C12H20N8/c1-3-9(4-2)8-14-10-16-11(19-13)18-12(17-10)20-7-5-6-15-20/h5-7,9H,3-4,8,13H2,1-2H3,(H2,14,16,17,18,19). The number of hydrogen-bond acceptors (Lipinski definition) is 7. The van der Waals surface area contributed by atoms with E-state index < -0.39 is 0 Å². The van der Waals surface area contributed by atoms with Gasteiger partial charge in [0.1, 0.15) is 0 Å². The minimum Gasteiger partial charge on any atom is -0.354 e. The molecule has 0 unspecified atom stereocenters. The van der Waals surface area contributed by atoms with Gasteiger partial charge in [-0.25, -0.2) is 10.5 Å². The quantitative estimate of drug-likeness (QED) is 0.515. The van der Waals surface area contributed by atoms with Crippen LogP contribution in [-0.2, 0) is 0 Å². The maximum absolute atomic E-state index is 5.39. The fourth-order valence-corrected chi connectivity index (χ4v) is 1.81. The van der Waals surface area contributed by atoms with Gasteiger partial charge in [-0.1, -0.05) is 26.7 Å². The summed E-state index contributed by atoms with van der Waals surface area (Å²) in [7, 11) is 0. The first kappa shape index (κ1) is 14.2. The van der Waals surface area contributed by atoms with Crippen LogP contribution in [0.25, 0.3) is 5.95 Å². The van der Waals surface area contributed by atoms with Crippen molar-refractivity contribution in [3.8, 4) is 5.95 Å². The summed E-state index contributed by atoms with van der Waals surface area (Å²) >= 11 is 0. The third-order valence-corrected chi connectivity index (χ3v) is 3.17. The second-order valence-corrected chi connectivity index (χ2v) is 4.44. The minimum absolute atomic E-state index is 0.303. The highest BCUT2D eigenvalue weighted by molar-refractivity contribution is 5.36. The third kappa shape index (κ3) is 3.41. The molecule has 2 aromatic rings. The minimum atomic E-state index is 0.303. The first-order valence-corrected chi connectivity index (χ1v) is 6.73. The van der Waals surface area contributed by atoms with Crippen LogP contribution in [0.5, 0.6) is 0 Å². The SMILES string of the molecule is CCC(CC)CNc1nc(NN)nc(-n2cccn2)n1. The molecule has 0 radical (unpaired) electrons. The topological polar surface area (TPSA) is 107 Å². The van der Waals surface area contributed by atoms with Crippen molar-refractivity contribution in [2.75, 3.05) is 17.3 Å². The Bertz CT molecular complexity index is 520. The lowest BCUT2D eigenvalue weighted by atomic mass is 10.0. The van der Waals surface area contributed by atoms with Gasteiger partial charge in [0.15, 0.2) is 0 Å². The predicted molar refractivity (Wildman–Crippen MR) is 77.3 cm³/mol. The van der Waals surface area contributed by atoms with Crippen LogP contribution in [-0.4, -0.2) is 31.3 Å². The Morgan fingerprint density at radius 1 is 1.20 bits per heavy atom. The van der Waals surface area contributed by atoms with E-state index in [2.05, 4.69) is 44.6 Å².